The largest absolute Gasteiger partial charge is 0.140 e. The maximum Gasteiger partial charge on any atom is 0.0377 e. The van der Waals surface area contributed by atoms with Gasteiger partial charge in [-0.2, -0.15) is 0 Å². The maximum atomic E-state index is 2.28. The molecule has 62 valence electrons. The normalized spacial score (nSPS) is 10.9. The zero-order chi connectivity index (χ0) is 8.72. The maximum absolute atomic E-state index is 2.28. The first-order valence-electron chi connectivity index (χ1n) is 4.15. The lowest BCUT2D eigenvalue weighted by Crippen LogP contribution is -1.75. The second kappa shape index (κ2) is 2.60. The fourth-order valence-electron chi connectivity index (χ4n) is 1.52. The number of aryl methyl sites for hydroxylation is 3. The molecule has 0 radical (unpaired) electrons. The van der Waals surface area contributed by atoms with Gasteiger partial charge in [0.2, 0.25) is 0 Å². The molecule has 0 bridgehead atoms. The summed E-state index contributed by atoms with van der Waals surface area (Å²) in [5.41, 5.74) is 2.79. The van der Waals surface area contributed by atoms with Crippen molar-refractivity contribution >= 4 is 21.4 Å². The Labute approximate surface area is 76.8 Å². The Bertz CT molecular complexity index is 385. The third-order valence-electron chi connectivity index (χ3n) is 2.22. The highest BCUT2D eigenvalue weighted by atomic mass is 32.1. The van der Waals surface area contributed by atoms with Crippen LogP contribution in [0.2, 0.25) is 0 Å². The first-order chi connectivity index (χ1) is 5.68. The van der Waals surface area contributed by atoms with E-state index in [4.69, 9.17) is 0 Å². The molecule has 12 heavy (non-hydrogen) atoms. The molecule has 0 saturated carbocycles. The molecule has 0 aliphatic heterocycles. The van der Waals surface area contributed by atoms with Crippen LogP contribution in [0.15, 0.2) is 18.2 Å². The van der Waals surface area contributed by atoms with Crippen molar-refractivity contribution in [2.24, 2.45) is 0 Å². The first kappa shape index (κ1) is 7.81. The lowest BCUT2D eigenvalue weighted by Gasteiger charge is -1.97. The Morgan fingerprint density at radius 2 is 1.67 bits per heavy atom. The van der Waals surface area contributed by atoms with E-state index in [9.17, 15) is 0 Å². The Hall–Kier alpha value is -0.820. The molecule has 2 aromatic rings. The van der Waals surface area contributed by atoms with Gasteiger partial charge in [-0.15, -0.1) is 11.3 Å². The summed E-state index contributed by atoms with van der Waals surface area (Å²) in [5, 5.41) is 1.43. The fourth-order valence-corrected chi connectivity index (χ4v) is 2.57. The van der Waals surface area contributed by atoms with Crippen LogP contribution in [0.5, 0.6) is 0 Å². The van der Waals surface area contributed by atoms with Gasteiger partial charge in [-0.1, -0.05) is 12.1 Å². The van der Waals surface area contributed by atoms with Gasteiger partial charge in [0, 0.05) is 9.58 Å². The van der Waals surface area contributed by atoms with Gasteiger partial charge in [0.15, 0.2) is 0 Å². The smallest absolute Gasteiger partial charge is 0.0377 e. The van der Waals surface area contributed by atoms with E-state index in [1.807, 2.05) is 11.3 Å². The summed E-state index contributed by atoms with van der Waals surface area (Å²) in [5.74, 6) is 0. The molecule has 0 amide bonds. The Kier molecular flexibility index (Phi) is 1.69. The van der Waals surface area contributed by atoms with E-state index in [0.29, 0.717) is 0 Å². The van der Waals surface area contributed by atoms with Crippen molar-refractivity contribution < 1.29 is 0 Å². The molecule has 0 aliphatic rings. The lowest BCUT2D eigenvalue weighted by atomic mass is 10.1. The van der Waals surface area contributed by atoms with E-state index in [1.54, 1.807) is 0 Å². The van der Waals surface area contributed by atoms with Gasteiger partial charge in [-0.05, 0) is 43.4 Å². The summed E-state index contributed by atoms with van der Waals surface area (Å²) in [7, 11) is 0. The molecule has 1 aromatic carbocycles. The van der Waals surface area contributed by atoms with Crippen molar-refractivity contribution in [1.29, 1.82) is 0 Å². The van der Waals surface area contributed by atoms with E-state index in [2.05, 4.69) is 39.0 Å². The molecule has 1 heterocycles. The second-order valence-electron chi connectivity index (χ2n) is 3.30. The average molecular weight is 176 g/mol. The molecule has 0 nitrogen and oxygen atoms in total. The SMILES string of the molecule is Cc1cc2c(C)ccc(C)c2s1. The van der Waals surface area contributed by atoms with Crippen molar-refractivity contribution in [2.75, 3.05) is 0 Å². The van der Waals surface area contributed by atoms with Crippen LogP contribution < -0.4 is 0 Å². The molecule has 1 aromatic heterocycles. The summed E-state index contributed by atoms with van der Waals surface area (Å²) in [4.78, 5) is 1.41. The number of thiophene rings is 1. The van der Waals surface area contributed by atoms with Crippen molar-refractivity contribution in [3.8, 4) is 0 Å². The molecule has 0 N–H and O–H groups in total. The number of benzene rings is 1. The minimum atomic E-state index is 1.39. The molecule has 0 atom stereocenters. The van der Waals surface area contributed by atoms with Crippen LogP contribution in [0.4, 0.5) is 0 Å². The van der Waals surface area contributed by atoms with Crippen LogP contribution in [0, 0.1) is 20.8 Å². The number of hydrogen-bond donors (Lipinski definition) is 0. The predicted molar refractivity (Wildman–Crippen MR) is 56.0 cm³/mol. The molecular formula is C11H12S. The summed E-state index contributed by atoms with van der Waals surface area (Å²) in [6, 6.07) is 6.68. The van der Waals surface area contributed by atoms with E-state index < -0.39 is 0 Å². The van der Waals surface area contributed by atoms with Gasteiger partial charge < -0.3 is 0 Å². The Morgan fingerprint density at radius 3 is 2.33 bits per heavy atom. The van der Waals surface area contributed by atoms with Crippen molar-refractivity contribution in [3.63, 3.8) is 0 Å². The van der Waals surface area contributed by atoms with E-state index in [1.165, 1.54) is 26.1 Å². The standard InChI is InChI=1S/C11H12S/c1-7-4-5-8(2)11-10(7)6-9(3)12-11/h4-6H,1-3H3. The molecule has 2 rings (SSSR count). The first-order valence-corrected chi connectivity index (χ1v) is 4.96. The van der Waals surface area contributed by atoms with Gasteiger partial charge in [0.1, 0.15) is 0 Å². The summed E-state index contributed by atoms with van der Waals surface area (Å²) >= 11 is 1.89. The molecule has 0 aliphatic carbocycles. The van der Waals surface area contributed by atoms with E-state index in [0.717, 1.165) is 0 Å². The van der Waals surface area contributed by atoms with Gasteiger partial charge in [-0.3, -0.25) is 0 Å². The molecular weight excluding hydrogens is 164 g/mol. The molecule has 0 unspecified atom stereocenters. The highest BCUT2D eigenvalue weighted by Crippen LogP contribution is 2.30. The third kappa shape index (κ3) is 1.05. The van der Waals surface area contributed by atoms with Crippen molar-refractivity contribution in [1.82, 2.24) is 0 Å². The monoisotopic (exact) mass is 176 g/mol. The fraction of sp³-hybridized carbons (Fsp3) is 0.273. The van der Waals surface area contributed by atoms with Gasteiger partial charge >= 0.3 is 0 Å². The molecule has 0 saturated heterocycles. The van der Waals surface area contributed by atoms with Gasteiger partial charge in [0.25, 0.3) is 0 Å². The van der Waals surface area contributed by atoms with Crippen LogP contribution >= 0.6 is 11.3 Å². The number of rotatable bonds is 0. The van der Waals surface area contributed by atoms with Crippen LogP contribution in [0.25, 0.3) is 10.1 Å². The number of fused-ring (bicyclic) bond motifs is 1. The summed E-state index contributed by atoms with van der Waals surface area (Å²) in [6.07, 6.45) is 0. The second-order valence-corrected chi connectivity index (χ2v) is 4.56. The topological polar surface area (TPSA) is 0 Å². The molecule has 0 spiro atoms. The van der Waals surface area contributed by atoms with Crippen LogP contribution in [-0.2, 0) is 0 Å². The van der Waals surface area contributed by atoms with Gasteiger partial charge in [-0.25, -0.2) is 0 Å². The Morgan fingerprint density at radius 1 is 1.00 bits per heavy atom. The minimum Gasteiger partial charge on any atom is -0.140 e. The average Bonchev–Trinajstić information content (AvgIpc) is 2.41. The van der Waals surface area contributed by atoms with Crippen LogP contribution in [-0.4, -0.2) is 0 Å². The summed E-state index contributed by atoms with van der Waals surface area (Å²) in [6.45, 7) is 6.52. The lowest BCUT2D eigenvalue weighted by molar-refractivity contribution is 1.48. The van der Waals surface area contributed by atoms with Crippen molar-refractivity contribution in [3.05, 3.63) is 34.2 Å². The van der Waals surface area contributed by atoms with E-state index in [-0.39, 0.29) is 0 Å². The zero-order valence-electron chi connectivity index (χ0n) is 7.64. The minimum absolute atomic E-state index is 1.39. The highest BCUT2D eigenvalue weighted by Gasteiger charge is 2.02. The number of hydrogen-bond acceptors (Lipinski definition) is 1. The third-order valence-corrected chi connectivity index (χ3v) is 3.41. The quantitative estimate of drug-likeness (QED) is 0.572. The Balaban J connectivity index is 2.93. The van der Waals surface area contributed by atoms with Crippen LogP contribution in [0.3, 0.4) is 0 Å². The van der Waals surface area contributed by atoms with E-state index >= 15 is 0 Å². The zero-order valence-corrected chi connectivity index (χ0v) is 8.46. The highest BCUT2D eigenvalue weighted by molar-refractivity contribution is 7.19. The molecule has 0 fully saturated rings. The van der Waals surface area contributed by atoms with Gasteiger partial charge in [0.05, 0.1) is 0 Å². The molecule has 1 heteroatoms. The van der Waals surface area contributed by atoms with Crippen LogP contribution in [0.1, 0.15) is 16.0 Å². The van der Waals surface area contributed by atoms with Crippen molar-refractivity contribution in [2.45, 2.75) is 20.8 Å². The summed E-state index contributed by atoms with van der Waals surface area (Å²) < 4.78 is 1.45. The predicted octanol–water partition coefficient (Wildman–Crippen LogP) is 3.83.